The maximum Gasteiger partial charge on any atom is 0.252 e. The Morgan fingerprint density at radius 1 is 1.09 bits per heavy atom. The SMILES string of the molecule is Cc1ccccc1C(=O)NC(C(=O)NCC(O)C(C)C)C(C)C. The van der Waals surface area contributed by atoms with Gasteiger partial charge in [0.15, 0.2) is 0 Å². The molecule has 0 saturated carbocycles. The highest BCUT2D eigenvalue weighted by Gasteiger charge is 2.25. The van der Waals surface area contributed by atoms with Gasteiger partial charge in [-0.1, -0.05) is 45.9 Å². The fourth-order valence-electron chi connectivity index (χ4n) is 2.13. The molecule has 0 radical (unpaired) electrons. The average Bonchev–Trinajstić information content (AvgIpc) is 2.49. The summed E-state index contributed by atoms with van der Waals surface area (Å²) in [7, 11) is 0. The van der Waals surface area contributed by atoms with E-state index in [1.807, 2.05) is 46.8 Å². The predicted molar refractivity (Wildman–Crippen MR) is 91.1 cm³/mol. The Morgan fingerprint density at radius 3 is 2.22 bits per heavy atom. The van der Waals surface area contributed by atoms with E-state index < -0.39 is 12.1 Å². The van der Waals surface area contributed by atoms with Gasteiger partial charge in [0, 0.05) is 12.1 Å². The van der Waals surface area contributed by atoms with Gasteiger partial charge in [-0.2, -0.15) is 0 Å². The van der Waals surface area contributed by atoms with E-state index in [0.29, 0.717) is 5.56 Å². The van der Waals surface area contributed by atoms with Gasteiger partial charge >= 0.3 is 0 Å². The van der Waals surface area contributed by atoms with Gasteiger partial charge in [-0.3, -0.25) is 9.59 Å². The lowest BCUT2D eigenvalue weighted by atomic mass is 10.0. The summed E-state index contributed by atoms with van der Waals surface area (Å²) in [5, 5.41) is 15.3. The van der Waals surface area contributed by atoms with E-state index in [-0.39, 0.29) is 30.2 Å². The molecule has 0 aliphatic rings. The van der Waals surface area contributed by atoms with Crippen LogP contribution in [0.2, 0.25) is 0 Å². The van der Waals surface area contributed by atoms with Gasteiger partial charge in [0.1, 0.15) is 6.04 Å². The van der Waals surface area contributed by atoms with E-state index in [1.54, 1.807) is 12.1 Å². The first-order valence-electron chi connectivity index (χ1n) is 8.06. The van der Waals surface area contributed by atoms with E-state index in [0.717, 1.165) is 5.56 Å². The lowest BCUT2D eigenvalue weighted by Gasteiger charge is -2.23. The van der Waals surface area contributed by atoms with Crippen LogP contribution in [0.15, 0.2) is 24.3 Å². The summed E-state index contributed by atoms with van der Waals surface area (Å²) < 4.78 is 0. The standard InChI is InChI=1S/C18H28N2O3/c1-11(2)15(21)10-19-18(23)16(12(3)4)20-17(22)14-9-7-6-8-13(14)5/h6-9,11-12,15-16,21H,10H2,1-5H3,(H,19,23)(H,20,22). The van der Waals surface area contributed by atoms with Crippen molar-refractivity contribution in [3.63, 3.8) is 0 Å². The molecule has 5 heteroatoms. The van der Waals surface area contributed by atoms with Crippen LogP contribution in [0.4, 0.5) is 0 Å². The maximum atomic E-state index is 12.4. The molecule has 2 unspecified atom stereocenters. The normalized spacial score (nSPS) is 13.7. The summed E-state index contributed by atoms with van der Waals surface area (Å²) in [6.45, 7) is 9.56. The molecular formula is C18H28N2O3. The third-order valence-corrected chi connectivity index (χ3v) is 3.88. The zero-order valence-electron chi connectivity index (χ0n) is 14.6. The van der Waals surface area contributed by atoms with Crippen LogP contribution in [0.5, 0.6) is 0 Å². The van der Waals surface area contributed by atoms with Gasteiger partial charge in [0.2, 0.25) is 5.91 Å². The number of aliphatic hydroxyl groups is 1. The van der Waals surface area contributed by atoms with Crippen molar-refractivity contribution in [2.75, 3.05) is 6.54 Å². The average molecular weight is 320 g/mol. The molecule has 1 aromatic carbocycles. The monoisotopic (exact) mass is 320 g/mol. The lowest BCUT2D eigenvalue weighted by molar-refractivity contribution is -0.124. The molecule has 0 fully saturated rings. The molecule has 0 heterocycles. The van der Waals surface area contributed by atoms with E-state index in [2.05, 4.69) is 10.6 Å². The highest BCUT2D eigenvalue weighted by Crippen LogP contribution is 2.09. The molecule has 0 aromatic heterocycles. The molecule has 0 saturated heterocycles. The van der Waals surface area contributed by atoms with Gasteiger partial charge in [-0.05, 0) is 30.4 Å². The Balaban J connectivity index is 2.73. The number of aryl methyl sites for hydroxylation is 1. The number of carbonyl (C=O) groups is 2. The first-order valence-corrected chi connectivity index (χ1v) is 8.06. The summed E-state index contributed by atoms with van der Waals surface area (Å²) in [4.78, 5) is 24.7. The summed E-state index contributed by atoms with van der Waals surface area (Å²) in [5.74, 6) is -0.531. The highest BCUT2D eigenvalue weighted by atomic mass is 16.3. The van der Waals surface area contributed by atoms with Crippen LogP contribution in [-0.4, -0.2) is 35.6 Å². The molecule has 0 aliphatic carbocycles. The number of hydrogen-bond acceptors (Lipinski definition) is 3. The minimum Gasteiger partial charge on any atom is -0.391 e. The van der Waals surface area contributed by atoms with E-state index in [4.69, 9.17) is 0 Å². The zero-order chi connectivity index (χ0) is 17.6. The smallest absolute Gasteiger partial charge is 0.252 e. The van der Waals surface area contributed by atoms with Crippen molar-refractivity contribution in [3.8, 4) is 0 Å². The quantitative estimate of drug-likeness (QED) is 0.718. The Hall–Kier alpha value is -1.88. The molecule has 0 aliphatic heterocycles. The Labute approximate surface area is 138 Å². The fraction of sp³-hybridized carbons (Fsp3) is 0.556. The fourth-order valence-corrected chi connectivity index (χ4v) is 2.13. The molecule has 5 nitrogen and oxygen atoms in total. The molecule has 128 valence electrons. The van der Waals surface area contributed by atoms with Crippen molar-refractivity contribution in [1.29, 1.82) is 0 Å². The maximum absolute atomic E-state index is 12.4. The van der Waals surface area contributed by atoms with Gasteiger partial charge in [0.25, 0.3) is 5.91 Å². The van der Waals surface area contributed by atoms with Gasteiger partial charge in [-0.15, -0.1) is 0 Å². The molecule has 2 amide bonds. The van der Waals surface area contributed by atoms with Crippen molar-refractivity contribution in [1.82, 2.24) is 10.6 Å². The Bertz CT molecular complexity index is 541. The van der Waals surface area contributed by atoms with E-state index in [1.165, 1.54) is 0 Å². The van der Waals surface area contributed by atoms with Crippen LogP contribution < -0.4 is 10.6 Å². The highest BCUT2D eigenvalue weighted by molar-refractivity contribution is 5.98. The minimum atomic E-state index is -0.638. The van der Waals surface area contributed by atoms with Crippen molar-refractivity contribution in [2.24, 2.45) is 11.8 Å². The lowest BCUT2D eigenvalue weighted by Crippen LogP contribution is -2.51. The van der Waals surface area contributed by atoms with Gasteiger partial charge < -0.3 is 15.7 Å². The third kappa shape index (κ3) is 5.67. The predicted octanol–water partition coefficient (Wildman–Crippen LogP) is 1.88. The van der Waals surface area contributed by atoms with Crippen LogP contribution in [0.1, 0.15) is 43.6 Å². The number of rotatable bonds is 7. The van der Waals surface area contributed by atoms with Crippen molar-refractivity contribution < 1.29 is 14.7 Å². The number of benzene rings is 1. The van der Waals surface area contributed by atoms with Crippen LogP contribution >= 0.6 is 0 Å². The summed E-state index contributed by atoms with van der Waals surface area (Å²) >= 11 is 0. The minimum absolute atomic E-state index is 0.0563. The molecule has 3 N–H and O–H groups in total. The largest absolute Gasteiger partial charge is 0.391 e. The summed E-state index contributed by atoms with van der Waals surface area (Å²) in [5.41, 5.74) is 1.43. The topological polar surface area (TPSA) is 78.4 Å². The van der Waals surface area contributed by atoms with E-state index in [9.17, 15) is 14.7 Å². The van der Waals surface area contributed by atoms with Crippen molar-refractivity contribution in [3.05, 3.63) is 35.4 Å². The first-order chi connectivity index (χ1) is 10.7. The number of amides is 2. The zero-order valence-corrected chi connectivity index (χ0v) is 14.6. The van der Waals surface area contributed by atoms with Crippen LogP contribution in [0.25, 0.3) is 0 Å². The molecule has 23 heavy (non-hydrogen) atoms. The second kappa shape index (κ2) is 8.67. The molecule has 0 bridgehead atoms. The van der Waals surface area contributed by atoms with Gasteiger partial charge in [0.05, 0.1) is 6.10 Å². The first kappa shape index (κ1) is 19.2. The molecular weight excluding hydrogens is 292 g/mol. The number of carbonyl (C=O) groups excluding carboxylic acids is 2. The number of aliphatic hydroxyl groups excluding tert-OH is 1. The van der Waals surface area contributed by atoms with Crippen molar-refractivity contribution in [2.45, 2.75) is 46.8 Å². The molecule has 2 atom stereocenters. The number of nitrogens with one attached hydrogen (secondary N) is 2. The molecule has 1 aromatic rings. The molecule has 0 spiro atoms. The Morgan fingerprint density at radius 2 is 1.70 bits per heavy atom. The Kier molecular flexibility index (Phi) is 7.23. The third-order valence-electron chi connectivity index (χ3n) is 3.88. The van der Waals surface area contributed by atoms with Crippen LogP contribution in [-0.2, 0) is 4.79 Å². The van der Waals surface area contributed by atoms with E-state index >= 15 is 0 Å². The summed E-state index contributed by atoms with van der Waals surface area (Å²) in [6, 6.07) is 6.62. The summed E-state index contributed by atoms with van der Waals surface area (Å²) in [6.07, 6.45) is -0.598. The van der Waals surface area contributed by atoms with Crippen molar-refractivity contribution >= 4 is 11.8 Å². The van der Waals surface area contributed by atoms with Crippen LogP contribution in [0, 0.1) is 18.8 Å². The van der Waals surface area contributed by atoms with Gasteiger partial charge in [-0.25, -0.2) is 0 Å². The number of hydrogen-bond donors (Lipinski definition) is 3. The second-order valence-electron chi connectivity index (χ2n) is 6.57. The van der Waals surface area contributed by atoms with Crippen LogP contribution in [0.3, 0.4) is 0 Å². The molecule has 1 rings (SSSR count). The second-order valence-corrected chi connectivity index (χ2v) is 6.57.